The molecule has 0 saturated carbocycles. The first-order valence-electron chi connectivity index (χ1n) is 12.5. The Hall–Kier alpha value is -2.83. The van der Waals surface area contributed by atoms with E-state index in [0.717, 1.165) is 35.2 Å². The van der Waals surface area contributed by atoms with Crippen LogP contribution in [0, 0.1) is 6.92 Å². The maximum absolute atomic E-state index is 12.9. The topological polar surface area (TPSA) is 65.1 Å². The van der Waals surface area contributed by atoms with Crippen molar-refractivity contribution in [1.82, 2.24) is 4.57 Å². The highest BCUT2D eigenvalue weighted by molar-refractivity contribution is 6.06. The van der Waals surface area contributed by atoms with Crippen molar-refractivity contribution in [3.05, 3.63) is 65.4 Å². The minimum Gasteiger partial charge on any atom is -0.491 e. The second-order valence-electron chi connectivity index (χ2n) is 9.26. The number of benzene rings is 2. The third-order valence-corrected chi connectivity index (χ3v) is 6.74. The van der Waals surface area contributed by atoms with E-state index in [2.05, 4.69) is 16.7 Å². The zero-order valence-electron chi connectivity index (χ0n) is 20.4. The number of hydrogen-bond donors (Lipinski definition) is 2. The lowest BCUT2D eigenvalue weighted by Crippen LogP contribution is -3.13. The summed E-state index contributed by atoms with van der Waals surface area (Å²) in [5.41, 5.74) is 3.58. The van der Waals surface area contributed by atoms with Gasteiger partial charge in [-0.3, -0.25) is 0 Å². The summed E-state index contributed by atoms with van der Waals surface area (Å²) in [5.74, 6) is 0.332. The molecule has 0 unspecified atom stereocenters. The lowest BCUT2D eigenvalue weighted by molar-refractivity contribution is -0.902. The molecule has 0 radical (unpaired) electrons. The van der Waals surface area contributed by atoms with Crippen molar-refractivity contribution in [3.8, 4) is 5.75 Å². The number of esters is 1. The predicted molar refractivity (Wildman–Crippen MR) is 134 cm³/mol. The molecule has 1 atom stereocenters. The van der Waals surface area contributed by atoms with E-state index < -0.39 is 6.10 Å². The Balaban J connectivity index is 1.55. The minimum absolute atomic E-state index is 0.244. The van der Waals surface area contributed by atoms with E-state index >= 15 is 0 Å². The highest BCUT2D eigenvalue weighted by Gasteiger charge is 2.22. The van der Waals surface area contributed by atoms with Crippen LogP contribution in [0.3, 0.4) is 0 Å². The van der Waals surface area contributed by atoms with Gasteiger partial charge in [0, 0.05) is 23.1 Å². The summed E-state index contributed by atoms with van der Waals surface area (Å²) in [6, 6.07) is 16.0. The molecule has 0 aliphatic carbocycles. The van der Waals surface area contributed by atoms with E-state index in [4.69, 9.17) is 9.47 Å². The van der Waals surface area contributed by atoms with Crippen LogP contribution in [0.4, 0.5) is 0 Å². The van der Waals surface area contributed by atoms with E-state index in [1.54, 1.807) is 0 Å². The maximum atomic E-state index is 12.9. The van der Waals surface area contributed by atoms with Crippen LogP contribution in [0.5, 0.6) is 5.75 Å². The van der Waals surface area contributed by atoms with Crippen LogP contribution >= 0.6 is 0 Å². The Bertz CT molecular complexity index is 1080. The molecule has 182 valence electrons. The summed E-state index contributed by atoms with van der Waals surface area (Å²) in [5, 5.41) is 11.4. The summed E-state index contributed by atoms with van der Waals surface area (Å²) in [6.07, 6.45) is 4.54. The van der Waals surface area contributed by atoms with Crippen LogP contribution in [0.15, 0.2) is 48.5 Å². The monoisotopic (exact) mass is 465 g/mol. The van der Waals surface area contributed by atoms with Gasteiger partial charge in [-0.25, -0.2) is 4.79 Å². The third kappa shape index (κ3) is 5.80. The Morgan fingerprint density at radius 1 is 1.09 bits per heavy atom. The molecule has 0 bridgehead atoms. The number of carbonyl (C=O) groups excluding carboxylic acids is 1. The molecule has 6 nitrogen and oxygen atoms in total. The summed E-state index contributed by atoms with van der Waals surface area (Å²) >= 11 is 0. The molecule has 1 aromatic heterocycles. The molecule has 4 rings (SSSR count). The smallest absolute Gasteiger partial charge is 0.340 e. The van der Waals surface area contributed by atoms with Crippen molar-refractivity contribution in [2.75, 3.05) is 32.8 Å². The van der Waals surface area contributed by atoms with Crippen LogP contribution in [0.25, 0.3) is 10.9 Å². The molecule has 2 aromatic carbocycles. The molecule has 2 heterocycles. The number of fused-ring (bicyclic) bond motifs is 1. The number of nitrogens with one attached hydrogen (secondary N) is 1. The molecule has 3 aromatic rings. The SMILES string of the molecule is CCOC(=O)c1c(C)n(Cc2ccccc2)c2ccc(OC[C@@H](O)C[NH+]3CCCCCC3)cc12. The van der Waals surface area contributed by atoms with Gasteiger partial charge >= 0.3 is 5.97 Å². The second kappa shape index (κ2) is 11.5. The molecule has 2 N–H and O–H groups in total. The van der Waals surface area contributed by atoms with Crippen molar-refractivity contribution in [3.63, 3.8) is 0 Å². The first-order chi connectivity index (χ1) is 16.6. The number of aromatic nitrogens is 1. The number of hydrogen-bond acceptors (Lipinski definition) is 4. The summed E-state index contributed by atoms with van der Waals surface area (Å²) < 4.78 is 13.5. The number of rotatable bonds is 9. The number of carbonyl (C=O) groups is 1. The highest BCUT2D eigenvalue weighted by Crippen LogP contribution is 2.31. The highest BCUT2D eigenvalue weighted by atomic mass is 16.5. The van der Waals surface area contributed by atoms with Crippen molar-refractivity contribution in [2.45, 2.75) is 52.2 Å². The van der Waals surface area contributed by atoms with Crippen molar-refractivity contribution < 1.29 is 24.3 Å². The van der Waals surface area contributed by atoms with Gasteiger partial charge < -0.3 is 24.0 Å². The van der Waals surface area contributed by atoms with Gasteiger partial charge in [0.2, 0.25) is 0 Å². The van der Waals surface area contributed by atoms with E-state index in [9.17, 15) is 9.90 Å². The van der Waals surface area contributed by atoms with Gasteiger partial charge in [0.25, 0.3) is 0 Å². The van der Waals surface area contributed by atoms with Gasteiger partial charge in [0.15, 0.2) is 0 Å². The fraction of sp³-hybridized carbons (Fsp3) is 0.464. The van der Waals surface area contributed by atoms with Gasteiger partial charge in [-0.05, 0) is 63.3 Å². The first-order valence-corrected chi connectivity index (χ1v) is 12.5. The number of likely N-dealkylation sites (tertiary alicyclic amines) is 1. The summed E-state index contributed by atoms with van der Waals surface area (Å²) in [6.45, 7) is 7.98. The molecule has 0 spiro atoms. The zero-order valence-corrected chi connectivity index (χ0v) is 20.4. The Kier molecular flexibility index (Phi) is 8.25. The molecule has 0 amide bonds. The largest absolute Gasteiger partial charge is 0.491 e. The van der Waals surface area contributed by atoms with E-state index in [-0.39, 0.29) is 12.6 Å². The van der Waals surface area contributed by atoms with Gasteiger partial charge in [-0.15, -0.1) is 0 Å². The van der Waals surface area contributed by atoms with Crippen LogP contribution in [0.1, 0.15) is 54.2 Å². The van der Waals surface area contributed by atoms with Gasteiger partial charge in [0.1, 0.15) is 25.0 Å². The minimum atomic E-state index is -0.516. The lowest BCUT2D eigenvalue weighted by atomic mass is 10.1. The number of quaternary nitrogens is 1. The third-order valence-electron chi connectivity index (χ3n) is 6.74. The van der Waals surface area contributed by atoms with E-state index in [1.807, 2.05) is 50.2 Å². The normalized spacial score (nSPS) is 15.7. The molecule has 1 fully saturated rings. The lowest BCUT2D eigenvalue weighted by Gasteiger charge is -2.20. The van der Waals surface area contributed by atoms with E-state index in [0.29, 0.717) is 31.0 Å². The fourth-order valence-corrected chi connectivity index (χ4v) is 5.00. The average molecular weight is 466 g/mol. The average Bonchev–Trinajstić information content (AvgIpc) is 2.97. The predicted octanol–water partition coefficient (Wildman–Crippen LogP) is 3.37. The number of nitrogens with zero attached hydrogens (tertiary/aromatic N) is 1. The first kappa shape index (κ1) is 24.3. The Morgan fingerprint density at radius 3 is 2.53 bits per heavy atom. The molecular formula is C28H37N2O4+. The second-order valence-corrected chi connectivity index (χ2v) is 9.26. The van der Waals surface area contributed by atoms with Crippen molar-refractivity contribution in [1.29, 1.82) is 0 Å². The van der Waals surface area contributed by atoms with E-state index in [1.165, 1.54) is 30.6 Å². The summed E-state index contributed by atoms with van der Waals surface area (Å²) in [7, 11) is 0. The van der Waals surface area contributed by atoms with Crippen LogP contribution in [0.2, 0.25) is 0 Å². The van der Waals surface area contributed by atoms with Gasteiger partial charge in [-0.1, -0.05) is 30.3 Å². The van der Waals surface area contributed by atoms with Crippen molar-refractivity contribution >= 4 is 16.9 Å². The molecule has 1 aliphatic heterocycles. The van der Waals surface area contributed by atoms with Crippen LogP contribution < -0.4 is 9.64 Å². The summed E-state index contributed by atoms with van der Waals surface area (Å²) in [4.78, 5) is 14.3. The number of aliphatic hydroxyl groups is 1. The number of ether oxygens (including phenoxy) is 2. The molecule has 34 heavy (non-hydrogen) atoms. The zero-order chi connectivity index (χ0) is 23.9. The van der Waals surface area contributed by atoms with Crippen molar-refractivity contribution in [2.24, 2.45) is 0 Å². The molecule has 6 heteroatoms. The molecular weight excluding hydrogens is 428 g/mol. The Labute approximate surface area is 202 Å². The maximum Gasteiger partial charge on any atom is 0.340 e. The molecule has 1 saturated heterocycles. The van der Waals surface area contributed by atoms with Gasteiger partial charge in [-0.2, -0.15) is 0 Å². The standard InChI is InChI=1S/C28H36N2O4/c1-3-33-28(32)27-21(2)30(18-22-11-7-6-8-12-22)26-14-13-24(17-25(26)27)34-20-23(31)19-29-15-9-4-5-10-16-29/h6-8,11-14,17,23,31H,3-5,9-10,15-16,18-20H2,1-2H3/p+1/t23-/m0/s1. The van der Waals surface area contributed by atoms with Crippen LogP contribution in [-0.2, 0) is 11.3 Å². The van der Waals surface area contributed by atoms with Crippen LogP contribution in [-0.4, -0.2) is 54.6 Å². The molecule has 1 aliphatic rings. The Morgan fingerprint density at radius 2 is 1.82 bits per heavy atom. The fourth-order valence-electron chi connectivity index (χ4n) is 5.00. The van der Waals surface area contributed by atoms with Gasteiger partial charge in [0.05, 0.1) is 25.3 Å². The quantitative estimate of drug-likeness (QED) is 0.476. The number of aliphatic hydroxyl groups excluding tert-OH is 1.